The molecule has 9 nitrogen and oxygen atoms in total. The van der Waals surface area contributed by atoms with Crippen molar-refractivity contribution in [3.63, 3.8) is 0 Å². The van der Waals surface area contributed by atoms with Crippen LogP contribution in [0.25, 0.3) is 0 Å². The van der Waals surface area contributed by atoms with Crippen LogP contribution in [0.15, 0.2) is 97.2 Å². The van der Waals surface area contributed by atoms with Crippen molar-refractivity contribution in [2.24, 2.45) is 0 Å². The number of hydrogen-bond donors (Lipinski definition) is 6. The van der Waals surface area contributed by atoms with Gasteiger partial charge in [-0.15, -0.1) is 0 Å². The van der Waals surface area contributed by atoms with Gasteiger partial charge in [-0.2, -0.15) is 0 Å². The second kappa shape index (κ2) is 45.9. The van der Waals surface area contributed by atoms with Crippen molar-refractivity contribution in [3.05, 3.63) is 97.2 Å². The van der Waals surface area contributed by atoms with Crippen LogP contribution in [0, 0.1) is 0 Å². The highest BCUT2D eigenvalue weighted by atomic mass is 16.7. The monoisotopic (exact) mass is 924 g/mol. The predicted octanol–water partition coefficient (Wildman–Crippen LogP) is 12.5. The van der Waals surface area contributed by atoms with E-state index in [4.69, 9.17) is 9.47 Å². The summed E-state index contributed by atoms with van der Waals surface area (Å²) in [4.78, 5) is 13.0. The van der Waals surface area contributed by atoms with Crippen molar-refractivity contribution in [1.82, 2.24) is 5.32 Å². The van der Waals surface area contributed by atoms with Gasteiger partial charge in [-0.3, -0.25) is 4.79 Å². The van der Waals surface area contributed by atoms with E-state index in [1.165, 1.54) is 83.5 Å². The minimum absolute atomic E-state index is 0.189. The van der Waals surface area contributed by atoms with Crippen LogP contribution >= 0.6 is 0 Å². The highest BCUT2D eigenvalue weighted by molar-refractivity contribution is 5.76. The Hall–Kier alpha value is -2.89. The van der Waals surface area contributed by atoms with E-state index in [1.807, 2.05) is 6.08 Å². The number of carbonyl (C=O) groups excluding carboxylic acids is 1. The van der Waals surface area contributed by atoms with E-state index < -0.39 is 49.5 Å². The Morgan fingerprint density at radius 2 is 0.939 bits per heavy atom. The fourth-order valence-electron chi connectivity index (χ4n) is 7.72. The molecule has 0 spiro atoms. The summed E-state index contributed by atoms with van der Waals surface area (Å²) < 4.78 is 11.2. The quantitative estimate of drug-likeness (QED) is 0.0262. The van der Waals surface area contributed by atoms with Crippen molar-refractivity contribution in [3.8, 4) is 0 Å². The van der Waals surface area contributed by atoms with E-state index in [0.717, 1.165) is 96.3 Å². The van der Waals surface area contributed by atoms with Crippen LogP contribution < -0.4 is 5.32 Å². The van der Waals surface area contributed by atoms with Gasteiger partial charge in [0.2, 0.25) is 5.91 Å². The maximum atomic E-state index is 13.0. The smallest absolute Gasteiger partial charge is 0.220 e. The standard InChI is InChI=1S/C57H97NO8/c1-3-5-7-9-11-13-15-17-18-19-20-21-22-23-24-25-26-27-28-29-30-31-32-33-34-35-37-39-41-43-45-47-53(61)58-50(49-65-57-56(64)55(63)54(62)52(48-59)66-57)51(60)46-44-42-40-38-36-16-14-12-10-8-6-4-2/h5,7,11,13,17-18,20-21,23-24,26-27,29-30,44,46,50-52,54-57,59-60,62-64H,3-4,6,8-10,12,14-16,19,22,25,28,31-43,45,47-49H2,1-2H3,(H,58,61)/b7-5-,13-11-,18-17-,21-20-,24-23-,27-26-,30-29-,46-44+. The number of aliphatic hydroxyl groups is 5. The zero-order chi connectivity index (χ0) is 48.0. The number of rotatable bonds is 43. The average molecular weight is 924 g/mol. The first-order chi connectivity index (χ1) is 32.3. The number of carbonyl (C=O) groups is 1. The number of allylic oxidation sites excluding steroid dienone is 15. The van der Waals surface area contributed by atoms with Crippen LogP contribution in [0.4, 0.5) is 0 Å². The maximum Gasteiger partial charge on any atom is 0.220 e. The maximum absolute atomic E-state index is 13.0. The Kier molecular flexibility index (Phi) is 42.5. The van der Waals surface area contributed by atoms with E-state index in [-0.39, 0.29) is 12.5 Å². The normalized spacial score (nSPS) is 20.6. The van der Waals surface area contributed by atoms with Gasteiger partial charge in [0.05, 0.1) is 25.4 Å². The SMILES string of the molecule is CC/C=C\C/C=C\C/C=C\C/C=C\C/C=C\C/C=C\C/C=C\CCCCCCCCCCCC(=O)NC(COC1OC(CO)C(O)C(O)C1O)C(O)/C=C/CCCCCCCCCCCC. The zero-order valence-electron chi connectivity index (χ0n) is 41.7. The van der Waals surface area contributed by atoms with Gasteiger partial charge in [0.1, 0.15) is 24.4 Å². The van der Waals surface area contributed by atoms with Gasteiger partial charge in [-0.05, 0) is 77.0 Å². The molecule has 7 unspecified atom stereocenters. The van der Waals surface area contributed by atoms with E-state index >= 15 is 0 Å². The highest BCUT2D eigenvalue weighted by Gasteiger charge is 2.44. The molecule has 0 aliphatic carbocycles. The molecule has 1 amide bonds. The molecule has 66 heavy (non-hydrogen) atoms. The molecule has 378 valence electrons. The van der Waals surface area contributed by atoms with Crippen molar-refractivity contribution < 1.29 is 39.8 Å². The van der Waals surface area contributed by atoms with Gasteiger partial charge < -0.3 is 40.3 Å². The number of hydrogen-bond acceptors (Lipinski definition) is 8. The summed E-state index contributed by atoms with van der Waals surface area (Å²) in [5, 5.41) is 54.3. The molecule has 1 fully saturated rings. The third-order valence-electron chi connectivity index (χ3n) is 11.9. The molecule has 1 aliphatic rings. The van der Waals surface area contributed by atoms with E-state index in [0.29, 0.717) is 6.42 Å². The highest BCUT2D eigenvalue weighted by Crippen LogP contribution is 2.22. The number of amides is 1. The molecule has 0 aromatic carbocycles. The zero-order valence-corrected chi connectivity index (χ0v) is 41.7. The van der Waals surface area contributed by atoms with Crippen LogP contribution in [0.2, 0.25) is 0 Å². The molecule has 0 radical (unpaired) electrons. The lowest BCUT2D eigenvalue weighted by Crippen LogP contribution is -2.60. The van der Waals surface area contributed by atoms with E-state index in [9.17, 15) is 30.3 Å². The molecule has 0 bridgehead atoms. The largest absolute Gasteiger partial charge is 0.394 e. The minimum atomic E-state index is -1.57. The van der Waals surface area contributed by atoms with Crippen molar-refractivity contribution in [2.75, 3.05) is 13.2 Å². The number of aliphatic hydroxyl groups excluding tert-OH is 5. The first-order valence-corrected chi connectivity index (χ1v) is 26.5. The Morgan fingerprint density at radius 1 is 0.530 bits per heavy atom. The fraction of sp³-hybridized carbons (Fsp3) is 0.702. The number of nitrogens with one attached hydrogen (secondary N) is 1. The Labute approximate surface area is 403 Å². The molecule has 1 aliphatic heterocycles. The fourth-order valence-corrected chi connectivity index (χ4v) is 7.72. The first kappa shape index (κ1) is 61.1. The average Bonchev–Trinajstić information content (AvgIpc) is 3.32. The first-order valence-electron chi connectivity index (χ1n) is 26.5. The Balaban J connectivity index is 2.21. The van der Waals surface area contributed by atoms with Crippen LogP contribution in [0.5, 0.6) is 0 Å². The molecule has 6 N–H and O–H groups in total. The molecule has 0 aromatic rings. The topological polar surface area (TPSA) is 149 Å². The van der Waals surface area contributed by atoms with E-state index in [2.05, 4.69) is 104 Å². The Bertz CT molecular complexity index is 1350. The van der Waals surface area contributed by atoms with Crippen molar-refractivity contribution in [1.29, 1.82) is 0 Å². The molecule has 1 heterocycles. The molecular formula is C57H97NO8. The second-order valence-corrected chi connectivity index (χ2v) is 17.9. The molecule has 0 saturated carbocycles. The van der Waals surface area contributed by atoms with Crippen LogP contribution in [-0.2, 0) is 14.3 Å². The number of ether oxygens (including phenoxy) is 2. The van der Waals surface area contributed by atoms with Gasteiger partial charge in [0, 0.05) is 6.42 Å². The third kappa shape index (κ3) is 35.3. The molecule has 0 aromatic heterocycles. The van der Waals surface area contributed by atoms with Crippen LogP contribution in [-0.4, -0.2) is 87.5 Å². The van der Waals surface area contributed by atoms with Gasteiger partial charge in [0.15, 0.2) is 6.29 Å². The van der Waals surface area contributed by atoms with E-state index in [1.54, 1.807) is 6.08 Å². The second-order valence-electron chi connectivity index (χ2n) is 17.9. The van der Waals surface area contributed by atoms with Crippen molar-refractivity contribution in [2.45, 2.75) is 243 Å². The van der Waals surface area contributed by atoms with Crippen LogP contribution in [0.3, 0.4) is 0 Å². The van der Waals surface area contributed by atoms with Crippen LogP contribution in [0.1, 0.15) is 200 Å². The molecule has 9 heteroatoms. The molecular weight excluding hydrogens is 827 g/mol. The summed E-state index contributed by atoms with van der Waals surface area (Å²) >= 11 is 0. The summed E-state index contributed by atoms with van der Waals surface area (Å²) in [5.41, 5.74) is 0. The lowest BCUT2D eigenvalue weighted by Gasteiger charge is -2.40. The lowest BCUT2D eigenvalue weighted by molar-refractivity contribution is -0.302. The van der Waals surface area contributed by atoms with Gasteiger partial charge in [0.25, 0.3) is 0 Å². The number of unbranched alkanes of at least 4 members (excludes halogenated alkanes) is 19. The summed E-state index contributed by atoms with van der Waals surface area (Å²) in [5.74, 6) is -0.189. The Morgan fingerprint density at radius 3 is 1.39 bits per heavy atom. The minimum Gasteiger partial charge on any atom is -0.394 e. The molecule has 7 atom stereocenters. The third-order valence-corrected chi connectivity index (χ3v) is 11.9. The van der Waals surface area contributed by atoms with Gasteiger partial charge in [-0.25, -0.2) is 0 Å². The summed E-state index contributed by atoms with van der Waals surface area (Å²) in [6.45, 7) is 3.63. The molecule has 1 rings (SSSR count). The lowest BCUT2D eigenvalue weighted by atomic mass is 9.99. The summed E-state index contributed by atoms with van der Waals surface area (Å²) in [7, 11) is 0. The van der Waals surface area contributed by atoms with Crippen molar-refractivity contribution >= 4 is 5.91 Å². The molecule has 1 saturated heterocycles. The van der Waals surface area contributed by atoms with Gasteiger partial charge in [-0.1, -0.05) is 214 Å². The van der Waals surface area contributed by atoms with Gasteiger partial charge >= 0.3 is 0 Å². The summed E-state index contributed by atoms with van der Waals surface area (Å²) in [6, 6.07) is -0.813. The summed E-state index contributed by atoms with van der Waals surface area (Å²) in [6.07, 6.45) is 58.9. The predicted molar refractivity (Wildman–Crippen MR) is 276 cm³/mol.